The van der Waals surface area contributed by atoms with Gasteiger partial charge in [0.25, 0.3) is 0 Å². The number of hydrogen-bond donors (Lipinski definition) is 1. The van der Waals surface area contributed by atoms with Crippen molar-refractivity contribution in [3.63, 3.8) is 0 Å². The van der Waals surface area contributed by atoms with E-state index in [2.05, 4.69) is 15.3 Å². The highest BCUT2D eigenvalue weighted by molar-refractivity contribution is 7.90. The molecule has 0 saturated carbocycles. The summed E-state index contributed by atoms with van der Waals surface area (Å²) in [5, 5.41) is 2.97. The lowest BCUT2D eigenvalue weighted by Crippen LogP contribution is -2.07. The van der Waals surface area contributed by atoms with Crippen LogP contribution >= 0.6 is 0 Å². The first-order valence-electron chi connectivity index (χ1n) is 10.4. The molecule has 0 radical (unpaired) electrons. The van der Waals surface area contributed by atoms with Crippen molar-refractivity contribution >= 4 is 21.3 Å². The molecular weight excluding hydrogens is 471 g/mol. The molecule has 1 atom stereocenters. The van der Waals surface area contributed by atoms with Crippen molar-refractivity contribution in [1.29, 1.82) is 0 Å². The van der Waals surface area contributed by atoms with E-state index in [1.165, 1.54) is 24.4 Å². The highest BCUT2D eigenvalue weighted by Gasteiger charge is 2.30. The highest BCUT2D eigenvalue weighted by Crippen LogP contribution is 2.32. The molecule has 1 aliphatic rings. The summed E-state index contributed by atoms with van der Waals surface area (Å²) in [6.45, 7) is 1.29. The maximum absolute atomic E-state index is 12.8. The first kappa shape index (κ1) is 24.0. The maximum atomic E-state index is 12.8. The van der Waals surface area contributed by atoms with Gasteiger partial charge in [0.05, 0.1) is 22.3 Å². The Bertz CT molecular complexity index is 1240. The summed E-state index contributed by atoms with van der Waals surface area (Å²) < 4.78 is 73.1. The van der Waals surface area contributed by atoms with E-state index in [1.54, 1.807) is 12.1 Å². The van der Waals surface area contributed by atoms with Gasteiger partial charge < -0.3 is 14.8 Å². The standard InChI is InChI=1S/C23H22F3N3O4S/c1-34(30,31)20-5-3-19(4-6-20)33-22-16(10-15-8-9-32-14-15)11-18(13-28-22)29-21-7-2-17(12-27-21)23(24,25)26/h2-7,11-13,15H,8-10,14H2,1H3,(H,27,29). The average molecular weight is 494 g/mol. The molecule has 1 fully saturated rings. The van der Waals surface area contributed by atoms with Gasteiger partial charge in [-0.3, -0.25) is 0 Å². The maximum Gasteiger partial charge on any atom is 0.417 e. The van der Waals surface area contributed by atoms with Crippen molar-refractivity contribution in [2.45, 2.75) is 23.9 Å². The molecule has 0 bridgehead atoms. The van der Waals surface area contributed by atoms with Gasteiger partial charge >= 0.3 is 6.18 Å². The minimum atomic E-state index is -4.46. The van der Waals surface area contributed by atoms with Gasteiger partial charge in [0.2, 0.25) is 5.88 Å². The van der Waals surface area contributed by atoms with Gasteiger partial charge in [0.1, 0.15) is 11.6 Å². The summed E-state index contributed by atoms with van der Waals surface area (Å²) in [6, 6.07) is 10.0. The second-order valence-corrected chi connectivity index (χ2v) is 10.0. The Morgan fingerprint density at radius 3 is 2.47 bits per heavy atom. The number of alkyl halides is 3. The molecule has 11 heteroatoms. The number of anilines is 2. The Kier molecular flexibility index (Phi) is 6.76. The predicted molar refractivity (Wildman–Crippen MR) is 119 cm³/mol. The van der Waals surface area contributed by atoms with Crippen LogP contribution in [0, 0.1) is 5.92 Å². The summed E-state index contributed by atoms with van der Waals surface area (Å²) in [5.74, 6) is 1.30. The number of benzene rings is 1. The van der Waals surface area contributed by atoms with Crippen LogP contribution in [0.1, 0.15) is 17.5 Å². The first-order valence-corrected chi connectivity index (χ1v) is 12.3. The predicted octanol–water partition coefficient (Wildman–Crippen LogP) is 5.01. The van der Waals surface area contributed by atoms with Gasteiger partial charge in [-0.15, -0.1) is 0 Å². The van der Waals surface area contributed by atoms with Gasteiger partial charge in [0, 0.05) is 31.2 Å². The molecule has 180 valence electrons. The lowest BCUT2D eigenvalue weighted by molar-refractivity contribution is -0.137. The molecule has 0 amide bonds. The fraction of sp³-hybridized carbons (Fsp3) is 0.304. The molecule has 3 aromatic rings. The molecule has 1 aromatic carbocycles. The molecule has 0 spiro atoms. The fourth-order valence-electron chi connectivity index (χ4n) is 3.51. The van der Waals surface area contributed by atoms with Crippen LogP contribution in [0.15, 0.2) is 59.8 Å². The van der Waals surface area contributed by atoms with Gasteiger partial charge in [-0.25, -0.2) is 18.4 Å². The first-order chi connectivity index (χ1) is 16.1. The highest BCUT2D eigenvalue weighted by atomic mass is 32.2. The molecule has 0 aliphatic carbocycles. The number of halogens is 3. The number of pyridine rings is 2. The Morgan fingerprint density at radius 1 is 1.12 bits per heavy atom. The van der Waals surface area contributed by atoms with E-state index in [0.717, 1.165) is 30.5 Å². The minimum Gasteiger partial charge on any atom is -0.439 e. The number of ether oxygens (including phenoxy) is 2. The number of nitrogens with zero attached hydrogens (tertiary/aromatic N) is 2. The molecule has 34 heavy (non-hydrogen) atoms. The normalized spacial score (nSPS) is 16.4. The van der Waals surface area contributed by atoms with Crippen molar-refractivity contribution in [2.24, 2.45) is 5.92 Å². The van der Waals surface area contributed by atoms with E-state index in [1.807, 2.05) is 6.07 Å². The van der Waals surface area contributed by atoms with E-state index in [0.29, 0.717) is 37.0 Å². The van der Waals surface area contributed by atoms with E-state index in [4.69, 9.17) is 9.47 Å². The molecule has 7 nitrogen and oxygen atoms in total. The summed E-state index contributed by atoms with van der Waals surface area (Å²) in [4.78, 5) is 8.40. The topological polar surface area (TPSA) is 90.4 Å². The van der Waals surface area contributed by atoms with Crippen molar-refractivity contribution in [3.05, 3.63) is 66.0 Å². The van der Waals surface area contributed by atoms with E-state index < -0.39 is 21.6 Å². The van der Waals surface area contributed by atoms with Crippen LogP contribution in [0.2, 0.25) is 0 Å². The van der Waals surface area contributed by atoms with Crippen molar-refractivity contribution in [1.82, 2.24) is 9.97 Å². The third-order valence-electron chi connectivity index (χ3n) is 5.29. The zero-order valence-electron chi connectivity index (χ0n) is 18.2. The van der Waals surface area contributed by atoms with Gasteiger partial charge in [0.15, 0.2) is 9.84 Å². The second-order valence-electron chi connectivity index (χ2n) is 8.02. The quantitative estimate of drug-likeness (QED) is 0.495. The molecule has 1 saturated heterocycles. The monoisotopic (exact) mass is 493 g/mol. The van der Waals surface area contributed by atoms with Crippen LogP contribution in [0.25, 0.3) is 0 Å². The van der Waals surface area contributed by atoms with Gasteiger partial charge in [-0.05, 0) is 61.2 Å². The smallest absolute Gasteiger partial charge is 0.417 e. The lowest BCUT2D eigenvalue weighted by Gasteiger charge is -2.15. The second kappa shape index (κ2) is 9.59. The summed E-state index contributed by atoms with van der Waals surface area (Å²) in [5.41, 5.74) is 0.490. The van der Waals surface area contributed by atoms with Crippen LogP contribution in [0.5, 0.6) is 11.6 Å². The Morgan fingerprint density at radius 2 is 1.88 bits per heavy atom. The SMILES string of the molecule is CS(=O)(=O)c1ccc(Oc2ncc(Nc3ccc(C(F)(F)F)cn3)cc2CC2CCOC2)cc1. The number of rotatable bonds is 7. The largest absolute Gasteiger partial charge is 0.439 e. The minimum absolute atomic E-state index is 0.180. The number of sulfone groups is 1. The van der Waals surface area contributed by atoms with Crippen molar-refractivity contribution < 1.29 is 31.1 Å². The van der Waals surface area contributed by atoms with Crippen molar-refractivity contribution in [3.8, 4) is 11.6 Å². The summed E-state index contributed by atoms with van der Waals surface area (Å²) in [6.07, 6.45) is 0.449. The number of hydrogen-bond acceptors (Lipinski definition) is 7. The summed E-state index contributed by atoms with van der Waals surface area (Å²) >= 11 is 0. The van der Waals surface area contributed by atoms with Crippen molar-refractivity contribution in [2.75, 3.05) is 24.8 Å². The zero-order valence-corrected chi connectivity index (χ0v) is 19.0. The zero-order chi connectivity index (χ0) is 24.3. The van der Waals surface area contributed by atoms with Crippen LogP contribution in [-0.4, -0.2) is 37.9 Å². The van der Waals surface area contributed by atoms with Crippen LogP contribution in [0.4, 0.5) is 24.7 Å². The third-order valence-corrected chi connectivity index (χ3v) is 6.42. The molecule has 1 aliphatic heterocycles. The van der Waals surface area contributed by atoms with E-state index in [9.17, 15) is 21.6 Å². The fourth-order valence-corrected chi connectivity index (χ4v) is 4.14. The molecule has 2 aromatic heterocycles. The Hall–Kier alpha value is -3.18. The van der Waals surface area contributed by atoms with Crippen LogP contribution < -0.4 is 10.1 Å². The molecular formula is C23H22F3N3O4S. The summed E-state index contributed by atoms with van der Waals surface area (Å²) in [7, 11) is -3.32. The number of aromatic nitrogens is 2. The molecule has 4 rings (SSSR count). The van der Waals surface area contributed by atoms with E-state index in [-0.39, 0.29) is 16.6 Å². The molecule has 1 unspecified atom stereocenters. The van der Waals surface area contributed by atoms with Crippen LogP contribution in [0.3, 0.4) is 0 Å². The van der Waals surface area contributed by atoms with Gasteiger partial charge in [-0.1, -0.05) is 0 Å². The lowest BCUT2D eigenvalue weighted by atomic mass is 9.99. The Balaban J connectivity index is 1.56. The molecule has 3 heterocycles. The van der Waals surface area contributed by atoms with Gasteiger partial charge in [-0.2, -0.15) is 13.2 Å². The molecule has 1 N–H and O–H groups in total. The average Bonchev–Trinajstić information content (AvgIpc) is 3.28. The Labute approximate surface area is 194 Å². The number of nitrogens with one attached hydrogen (secondary N) is 1. The van der Waals surface area contributed by atoms with Crippen LogP contribution in [-0.2, 0) is 27.2 Å². The van der Waals surface area contributed by atoms with E-state index >= 15 is 0 Å². The third kappa shape index (κ3) is 6.03.